The molecule has 1 rings (SSSR count). The van der Waals surface area contributed by atoms with Gasteiger partial charge in [-0.05, 0) is 6.92 Å². The molecule has 3 unspecified atom stereocenters. The Labute approximate surface area is 84.0 Å². The Morgan fingerprint density at radius 3 is 2.85 bits per heavy atom. The Bertz CT molecular complexity index is 194. The summed E-state index contributed by atoms with van der Waals surface area (Å²) < 4.78 is 5.04. The maximum atomic E-state index is 5.90. The molecule has 0 aromatic rings. The first-order chi connectivity index (χ1) is 6.15. The number of oxime groups is 1. The molecule has 3 nitrogen and oxygen atoms in total. The molecule has 1 aliphatic heterocycles. The van der Waals surface area contributed by atoms with Crippen LogP contribution in [0.25, 0.3) is 0 Å². The van der Waals surface area contributed by atoms with Gasteiger partial charge in [-0.15, -0.1) is 11.6 Å². The van der Waals surface area contributed by atoms with Crippen LogP contribution in [0.1, 0.15) is 20.3 Å². The first kappa shape index (κ1) is 10.8. The van der Waals surface area contributed by atoms with E-state index in [9.17, 15) is 0 Å². The van der Waals surface area contributed by atoms with E-state index in [0.717, 1.165) is 12.1 Å². The average Bonchev–Trinajstić information content (AvgIpc) is 2.52. The van der Waals surface area contributed by atoms with E-state index in [1.165, 1.54) is 0 Å². The third-order valence-corrected chi connectivity index (χ3v) is 2.49. The van der Waals surface area contributed by atoms with Crippen molar-refractivity contribution in [1.29, 1.82) is 0 Å². The molecule has 0 saturated heterocycles. The number of halogens is 1. The molecule has 0 aromatic heterocycles. The van der Waals surface area contributed by atoms with E-state index in [2.05, 4.69) is 12.1 Å². The number of rotatable bonds is 4. The van der Waals surface area contributed by atoms with Crippen molar-refractivity contribution < 1.29 is 9.57 Å². The van der Waals surface area contributed by atoms with Gasteiger partial charge >= 0.3 is 0 Å². The van der Waals surface area contributed by atoms with E-state index < -0.39 is 0 Å². The smallest absolute Gasteiger partial charge is 0.148 e. The number of hydrogen-bond acceptors (Lipinski definition) is 3. The second-order valence-electron chi connectivity index (χ2n) is 3.46. The molecule has 3 atom stereocenters. The van der Waals surface area contributed by atoms with Crippen molar-refractivity contribution in [2.45, 2.75) is 31.7 Å². The summed E-state index contributed by atoms with van der Waals surface area (Å²) in [5, 5.41) is 4.02. The van der Waals surface area contributed by atoms with Crippen molar-refractivity contribution >= 4 is 17.3 Å². The summed E-state index contributed by atoms with van der Waals surface area (Å²) in [6, 6.07) is 0. The average molecular weight is 206 g/mol. The van der Waals surface area contributed by atoms with Crippen LogP contribution in [-0.2, 0) is 9.57 Å². The first-order valence-corrected chi connectivity index (χ1v) is 4.94. The minimum absolute atomic E-state index is 0.0102. The fraction of sp³-hybridized carbons (Fsp3) is 0.889. The lowest BCUT2D eigenvalue weighted by molar-refractivity contribution is 0.0853. The van der Waals surface area contributed by atoms with Crippen molar-refractivity contribution in [2.75, 3.05) is 13.7 Å². The fourth-order valence-corrected chi connectivity index (χ4v) is 1.43. The lowest BCUT2D eigenvalue weighted by Crippen LogP contribution is -2.21. The van der Waals surface area contributed by atoms with Gasteiger partial charge in [0.05, 0.1) is 17.7 Å². The van der Waals surface area contributed by atoms with Crippen LogP contribution < -0.4 is 0 Å². The summed E-state index contributed by atoms with van der Waals surface area (Å²) in [5.41, 5.74) is 1.05. The zero-order chi connectivity index (χ0) is 9.84. The highest BCUT2D eigenvalue weighted by Crippen LogP contribution is 2.21. The summed E-state index contributed by atoms with van der Waals surface area (Å²) >= 11 is 5.90. The number of ether oxygens (including phenoxy) is 1. The SMILES string of the molecule is COCC(C)C1=NOC(C(C)Cl)C1. The van der Waals surface area contributed by atoms with Crippen LogP contribution in [-0.4, -0.2) is 30.9 Å². The summed E-state index contributed by atoms with van der Waals surface area (Å²) in [6.07, 6.45) is 0.867. The lowest BCUT2D eigenvalue weighted by atomic mass is 10.0. The monoisotopic (exact) mass is 205 g/mol. The highest BCUT2D eigenvalue weighted by molar-refractivity contribution is 6.21. The van der Waals surface area contributed by atoms with Gasteiger partial charge in [0.2, 0.25) is 0 Å². The molecule has 13 heavy (non-hydrogen) atoms. The van der Waals surface area contributed by atoms with Gasteiger partial charge in [-0.3, -0.25) is 0 Å². The van der Waals surface area contributed by atoms with Crippen molar-refractivity contribution in [2.24, 2.45) is 11.1 Å². The van der Waals surface area contributed by atoms with Gasteiger partial charge in [-0.2, -0.15) is 0 Å². The maximum absolute atomic E-state index is 5.90. The first-order valence-electron chi connectivity index (χ1n) is 4.50. The summed E-state index contributed by atoms with van der Waals surface area (Å²) in [5.74, 6) is 0.324. The van der Waals surface area contributed by atoms with E-state index >= 15 is 0 Å². The number of methoxy groups -OCH3 is 1. The fourth-order valence-electron chi connectivity index (χ4n) is 1.30. The Balaban J connectivity index is 2.39. The molecule has 4 heteroatoms. The van der Waals surface area contributed by atoms with Crippen LogP contribution in [0.4, 0.5) is 0 Å². The van der Waals surface area contributed by atoms with Gasteiger partial charge in [0, 0.05) is 19.4 Å². The predicted molar refractivity (Wildman–Crippen MR) is 53.3 cm³/mol. The van der Waals surface area contributed by atoms with Crippen molar-refractivity contribution in [1.82, 2.24) is 0 Å². The molecule has 0 fully saturated rings. The molecular formula is C9H16ClNO2. The summed E-state index contributed by atoms with van der Waals surface area (Å²) in [6.45, 7) is 4.68. The van der Waals surface area contributed by atoms with E-state index in [-0.39, 0.29) is 11.5 Å². The van der Waals surface area contributed by atoms with Gasteiger partial charge in [-0.25, -0.2) is 0 Å². The summed E-state index contributed by atoms with van der Waals surface area (Å²) in [4.78, 5) is 5.19. The zero-order valence-electron chi connectivity index (χ0n) is 8.29. The minimum atomic E-state index is 0.0102. The largest absolute Gasteiger partial charge is 0.391 e. The van der Waals surface area contributed by atoms with Crippen LogP contribution in [0, 0.1) is 5.92 Å². The van der Waals surface area contributed by atoms with Crippen LogP contribution in [0.5, 0.6) is 0 Å². The molecule has 0 amide bonds. The molecule has 1 heterocycles. The van der Waals surface area contributed by atoms with Gasteiger partial charge in [0.1, 0.15) is 6.10 Å². The number of hydrogen-bond donors (Lipinski definition) is 0. The van der Waals surface area contributed by atoms with Gasteiger partial charge in [-0.1, -0.05) is 12.1 Å². The normalized spacial score (nSPS) is 26.5. The molecule has 1 aliphatic rings. The second kappa shape index (κ2) is 4.82. The molecule has 0 bridgehead atoms. The Hall–Kier alpha value is -0.280. The Morgan fingerprint density at radius 2 is 2.38 bits per heavy atom. The highest BCUT2D eigenvalue weighted by atomic mass is 35.5. The molecule has 0 spiro atoms. The molecule has 0 saturated carbocycles. The van der Waals surface area contributed by atoms with E-state index in [1.54, 1.807) is 7.11 Å². The lowest BCUT2D eigenvalue weighted by Gasteiger charge is -2.11. The van der Waals surface area contributed by atoms with E-state index in [1.807, 2.05) is 6.92 Å². The van der Waals surface area contributed by atoms with Crippen molar-refractivity contribution in [3.8, 4) is 0 Å². The third kappa shape index (κ3) is 2.85. The van der Waals surface area contributed by atoms with E-state index in [0.29, 0.717) is 12.5 Å². The van der Waals surface area contributed by atoms with Crippen LogP contribution in [0.15, 0.2) is 5.16 Å². The third-order valence-electron chi connectivity index (χ3n) is 2.21. The molecule has 0 N–H and O–H groups in total. The molecule has 0 radical (unpaired) electrons. The van der Waals surface area contributed by atoms with Gasteiger partial charge in [0.25, 0.3) is 0 Å². The maximum Gasteiger partial charge on any atom is 0.148 e. The Morgan fingerprint density at radius 1 is 1.69 bits per heavy atom. The second-order valence-corrected chi connectivity index (χ2v) is 4.15. The van der Waals surface area contributed by atoms with Crippen molar-refractivity contribution in [3.05, 3.63) is 0 Å². The van der Waals surface area contributed by atoms with Crippen LogP contribution in [0.3, 0.4) is 0 Å². The minimum Gasteiger partial charge on any atom is -0.391 e. The number of nitrogens with zero attached hydrogens (tertiary/aromatic N) is 1. The highest BCUT2D eigenvalue weighted by Gasteiger charge is 2.27. The van der Waals surface area contributed by atoms with Gasteiger partial charge < -0.3 is 9.57 Å². The zero-order valence-corrected chi connectivity index (χ0v) is 9.04. The molecule has 0 aromatic carbocycles. The van der Waals surface area contributed by atoms with E-state index in [4.69, 9.17) is 21.2 Å². The van der Waals surface area contributed by atoms with Crippen molar-refractivity contribution in [3.63, 3.8) is 0 Å². The van der Waals surface area contributed by atoms with Gasteiger partial charge in [0.15, 0.2) is 0 Å². The van der Waals surface area contributed by atoms with Crippen LogP contribution >= 0.6 is 11.6 Å². The van der Waals surface area contributed by atoms with Crippen LogP contribution in [0.2, 0.25) is 0 Å². The predicted octanol–water partition coefficient (Wildman–Crippen LogP) is 2.04. The quantitative estimate of drug-likeness (QED) is 0.658. The molecular weight excluding hydrogens is 190 g/mol. The number of alkyl halides is 1. The molecule has 0 aliphatic carbocycles. The molecule has 76 valence electrons. The topological polar surface area (TPSA) is 30.8 Å². The summed E-state index contributed by atoms with van der Waals surface area (Å²) in [7, 11) is 1.69. The standard InChI is InChI=1S/C9H16ClNO2/c1-6(5-12-3)8-4-9(7(2)10)13-11-8/h6-7,9H,4-5H2,1-3H3. The Kier molecular flexibility index (Phi) is 4.00.